The zero-order valence-electron chi connectivity index (χ0n) is 12.3. The summed E-state index contributed by atoms with van der Waals surface area (Å²) in [6.45, 7) is 2.73. The summed E-state index contributed by atoms with van der Waals surface area (Å²) in [5.74, 6) is 2.25. The van der Waals surface area contributed by atoms with Gasteiger partial charge in [-0.25, -0.2) is 0 Å². The van der Waals surface area contributed by atoms with Gasteiger partial charge in [0.15, 0.2) is 11.5 Å². The van der Waals surface area contributed by atoms with E-state index in [2.05, 4.69) is 5.32 Å². The average molecular weight is 300 g/mol. The Balaban J connectivity index is 0.000000444. The number of amides is 1. The maximum Gasteiger partial charge on any atom is 0.224 e. The molecule has 1 aromatic rings. The summed E-state index contributed by atoms with van der Waals surface area (Å²) in [4.78, 5) is 11.4. The molecule has 0 fully saturated rings. The largest absolute Gasteiger partial charge is 0.493 e. The predicted molar refractivity (Wildman–Crippen MR) is 81.0 cm³/mol. The van der Waals surface area contributed by atoms with Gasteiger partial charge in [0.2, 0.25) is 5.91 Å². The summed E-state index contributed by atoms with van der Waals surface area (Å²) in [7, 11) is 3.21. The summed E-state index contributed by atoms with van der Waals surface area (Å²) in [6, 6.07) is 3.84. The molecule has 1 aliphatic heterocycles. The molecule has 2 rings (SSSR count). The molecule has 1 amide bonds. The van der Waals surface area contributed by atoms with Crippen LogP contribution in [0.2, 0.25) is 0 Å². The van der Waals surface area contributed by atoms with Gasteiger partial charge in [-0.05, 0) is 36.1 Å². The molecule has 0 saturated carbocycles. The molecule has 1 heterocycles. The molecule has 0 bridgehead atoms. The van der Waals surface area contributed by atoms with Gasteiger partial charge in [-0.1, -0.05) is 6.92 Å². The number of halogens is 1. The minimum atomic E-state index is 0.0611. The lowest BCUT2D eigenvalue weighted by molar-refractivity contribution is -0.120. The van der Waals surface area contributed by atoms with Crippen molar-refractivity contribution in [3.63, 3.8) is 0 Å². The second-order valence-electron chi connectivity index (χ2n) is 4.44. The van der Waals surface area contributed by atoms with Gasteiger partial charge in [0.1, 0.15) is 0 Å². The summed E-state index contributed by atoms with van der Waals surface area (Å²) in [5.41, 5.74) is 2.17. The third-order valence-corrected chi connectivity index (χ3v) is 3.34. The van der Waals surface area contributed by atoms with Crippen LogP contribution in [0.25, 0.3) is 0 Å². The third-order valence-electron chi connectivity index (χ3n) is 2.96. The predicted octanol–water partition coefficient (Wildman–Crippen LogP) is 2.55. The van der Waals surface area contributed by atoms with Crippen molar-refractivity contribution in [2.75, 3.05) is 26.6 Å². The topological polar surface area (TPSA) is 47.6 Å². The quantitative estimate of drug-likeness (QED) is 0.873. The maximum absolute atomic E-state index is 11.4. The number of rotatable bonds is 3. The Morgan fingerprint density at radius 3 is 2.25 bits per heavy atom. The van der Waals surface area contributed by atoms with E-state index in [1.165, 1.54) is 0 Å². The molecule has 5 heteroatoms. The van der Waals surface area contributed by atoms with Gasteiger partial charge in [0.05, 0.1) is 20.6 Å². The van der Waals surface area contributed by atoms with Crippen molar-refractivity contribution in [2.45, 2.75) is 26.2 Å². The number of carbonyl (C=O) groups excluding carboxylic acids is 1. The van der Waals surface area contributed by atoms with Crippen LogP contribution >= 0.6 is 11.6 Å². The Bertz CT molecular complexity index is 447. The highest BCUT2D eigenvalue weighted by molar-refractivity contribution is 6.17. The van der Waals surface area contributed by atoms with E-state index >= 15 is 0 Å². The molecule has 0 unspecified atom stereocenters. The van der Waals surface area contributed by atoms with E-state index in [4.69, 9.17) is 21.1 Å². The Morgan fingerprint density at radius 2 is 1.75 bits per heavy atom. The number of nitrogens with one attached hydrogen (secondary N) is 1. The van der Waals surface area contributed by atoms with E-state index in [0.717, 1.165) is 35.6 Å². The fourth-order valence-corrected chi connectivity index (χ4v) is 1.93. The normalized spacial score (nSPS) is 13.3. The molecule has 4 nitrogen and oxygen atoms in total. The van der Waals surface area contributed by atoms with Crippen molar-refractivity contribution < 1.29 is 14.3 Å². The lowest BCUT2D eigenvalue weighted by Gasteiger charge is -2.12. The van der Waals surface area contributed by atoms with Crippen LogP contribution in [-0.2, 0) is 17.6 Å². The van der Waals surface area contributed by atoms with Gasteiger partial charge < -0.3 is 14.8 Å². The number of hydrogen-bond acceptors (Lipinski definition) is 3. The lowest BCUT2D eigenvalue weighted by atomic mass is 10.0. The van der Waals surface area contributed by atoms with Gasteiger partial charge in [-0.2, -0.15) is 0 Å². The van der Waals surface area contributed by atoms with Crippen LogP contribution in [0.3, 0.4) is 0 Å². The second-order valence-corrected chi connectivity index (χ2v) is 4.82. The Labute approximate surface area is 125 Å². The molecule has 0 saturated heterocycles. The zero-order chi connectivity index (χ0) is 15.0. The van der Waals surface area contributed by atoms with Crippen LogP contribution in [0.1, 0.15) is 24.5 Å². The monoisotopic (exact) mass is 299 g/mol. The van der Waals surface area contributed by atoms with Gasteiger partial charge in [-0.3, -0.25) is 4.79 Å². The van der Waals surface area contributed by atoms with Gasteiger partial charge in [-0.15, -0.1) is 11.6 Å². The number of methoxy groups -OCH3 is 2. The molecular formula is C15H22ClNO3. The SMILES string of the molecule is CCCCl.COc1cc2c(cc1OC)CC(=O)NCC2. The van der Waals surface area contributed by atoms with Crippen LogP contribution in [0.4, 0.5) is 0 Å². The number of hydrogen-bond donors (Lipinski definition) is 1. The maximum atomic E-state index is 11.4. The molecule has 0 atom stereocenters. The van der Waals surface area contributed by atoms with Gasteiger partial charge in [0.25, 0.3) is 0 Å². The van der Waals surface area contributed by atoms with Crippen molar-refractivity contribution >= 4 is 17.5 Å². The van der Waals surface area contributed by atoms with Crippen LogP contribution in [0, 0.1) is 0 Å². The molecule has 0 aromatic heterocycles. The first-order chi connectivity index (χ1) is 9.65. The number of ether oxygens (including phenoxy) is 2. The number of alkyl halides is 1. The van der Waals surface area contributed by atoms with Crippen molar-refractivity contribution in [1.82, 2.24) is 5.32 Å². The lowest BCUT2D eigenvalue weighted by Crippen LogP contribution is -2.24. The van der Waals surface area contributed by atoms with Crippen LogP contribution in [-0.4, -0.2) is 32.6 Å². The number of fused-ring (bicyclic) bond motifs is 1. The molecular weight excluding hydrogens is 278 g/mol. The van der Waals surface area contributed by atoms with Crippen molar-refractivity contribution in [3.8, 4) is 11.5 Å². The molecule has 1 aromatic carbocycles. The Morgan fingerprint density at radius 1 is 1.20 bits per heavy atom. The standard InChI is InChI=1S/C12H15NO3.C3H7Cl/c1-15-10-5-8-3-4-13-12(14)7-9(8)6-11(10)16-2;1-2-3-4/h5-6H,3-4,7H2,1-2H3,(H,13,14);2-3H2,1H3. The summed E-state index contributed by atoms with van der Waals surface area (Å²) >= 11 is 5.19. The first-order valence-corrected chi connectivity index (χ1v) is 7.26. The minimum absolute atomic E-state index is 0.0611. The highest BCUT2D eigenvalue weighted by Gasteiger charge is 2.16. The van der Waals surface area contributed by atoms with E-state index in [0.29, 0.717) is 18.7 Å². The number of benzene rings is 1. The fraction of sp³-hybridized carbons (Fsp3) is 0.533. The highest BCUT2D eigenvalue weighted by Crippen LogP contribution is 2.31. The fourth-order valence-electron chi connectivity index (χ4n) is 1.93. The molecule has 1 N–H and O–H groups in total. The molecule has 112 valence electrons. The van der Waals surface area contributed by atoms with Crippen LogP contribution in [0.5, 0.6) is 11.5 Å². The third kappa shape index (κ3) is 4.60. The summed E-state index contributed by atoms with van der Waals surface area (Å²) in [6.07, 6.45) is 2.33. The zero-order valence-corrected chi connectivity index (χ0v) is 13.0. The van der Waals surface area contributed by atoms with Crippen molar-refractivity contribution in [1.29, 1.82) is 0 Å². The minimum Gasteiger partial charge on any atom is -0.493 e. The van der Waals surface area contributed by atoms with Crippen molar-refractivity contribution in [3.05, 3.63) is 23.3 Å². The molecule has 1 aliphatic rings. The second kappa shape index (κ2) is 8.69. The van der Waals surface area contributed by atoms with E-state index < -0.39 is 0 Å². The summed E-state index contributed by atoms with van der Waals surface area (Å²) in [5, 5.41) is 2.85. The first kappa shape index (κ1) is 16.6. The van der Waals surface area contributed by atoms with E-state index in [1.807, 2.05) is 19.1 Å². The van der Waals surface area contributed by atoms with Crippen LogP contribution < -0.4 is 14.8 Å². The van der Waals surface area contributed by atoms with E-state index in [-0.39, 0.29) is 5.91 Å². The average Bonchev–Trinajstić information content (AvgIpc) is 2.65. The Kier molecular flexibility index (Phi) is 7.23. The first-order valence-electron chi connectivity index (χ1n) is 6.72. The number of carbonyl (C=O) groups is 1. The van der Waals surface area contributed by atoms with E-state index in [9.17, 15) is 4.79 Å². The van der Waals surface area contributed by atoms with Gasteiger partial charge >= 0.3 is 0 Å². The van der Waals surface area contributed by atoms with E-state index in [1.54, 1.807) is 14.2 Å². The molecule has 0 aliphatic carbocycles. The smallest absolute Gasteiger partial charge is 0.224 e. The molecule has 20 heavy (non-hydrogen) atoms. The van der Waals surface area contributed by atoms with Crippen molar-refractivity contribution in [2.24, 2.45) is 0 Å². The highest BCUT2D eigenvalue weighted by atomic mass is 35.5. The van der Waals surface area contributed by atoms with Crippen LogP contribution in [0.15, 0.2) is 12.1 Å². The molecule has 0 radical (unpaired) electrons. The molecule has 0 spiro atoms. The summed E-state index contributed by atoms with van der Waals surface area (Å²) < 4.78 is 10.5. The van der Waals surface area contributed by atoms with Gasteiger partial charge in [0, 0.05) is 12.4 Å². The Hall–Kier alpha value is -1.42.